The van der Waals surface area contributed by atoms with Crippen LogP contribution in [-0.4, -0.2) is 59.8 Å². The van der Waals surface area contributed by atoms with E-state index in [1.54, 1.807) is 25.4 Å². The number of nitrogens with zero attached hydrogens (tertiary/aromatic N) is 3. The van der Waals surface area contributed by atoms with Crippen LogP contribution in [0.3, 0.4) is 0 Å². The van der Waals surface area contributed by atoms with Gasteiger partial charge in [0.25, 0.3) is 5.91 Å². The van der Waals surface area contributed by atoms with Crippen LogP contribution in [0.4, 0.5) is 4.79 Å². The average molecular weight is 443 g/mol. The fourth-order valence-electron chi connectivity index (χ4n) is 4.82. The minimum Gasteiger partial charge on any atom is -0.493 e. The summed E-state index contributed by atoms with van der Waals surface area (Å²) in [6.07, 6.45) is 6.29. The van der Waals surface area contributed by atoms with Gasteiger partial charge in [0.1, 0.15) is 6.33 Å². The Balaban J connectivity index is 1.47. The van der Waals surface area contributed by atoms with Crippen molar-refractivity contribution in [2.45, 2.75) is 56.5 Å². The third-order valence-corrected chi connectivity index (χ3v) is 6.70. The highest BCUT2D eigenvalue weighted by Gasteiger charge is 2.43. The summed E-state index contributed by atoms with van der Waals surface area (Å²) < 4.78 is 16.5. The number of methoxy groups -OCH3 is 2. The van der Waals surface area contributed by atoms with Crippen LogP contribution < -0.4 is 15.2 Å². The molecule has 1 aliphatic carbocycles. The number of fused-ring (bicyclic) bond motifs is 1. The van der Waals surface area contributed by atoms with Gasteiger partial charge in [0.05, 0.1) is 25.4 Å². The first-order valence-corrected chi connectivity index (χ1v) is 11.1. The Kier molecular flexibility index (Phi) is 6.34. The number of benzene rings is 1. The molecule has 2 N–H and O–H groups in total. The van der Waals surface area contributed by atoms with E-state index in [0.29, 0.717) is 37.4 Å². The maximum absolute atomic E-state index is 12.8. The van der Waals surface area contributed by atoms with Crippen molar-refractivity contribution >= 4 is 22.9 Å². The van der Waals surface area contributed by atoms with E-state index in [9.17, 15) is 9.59 Å². The molecule has 172 valence electrons. The molecule has 9 nitrogen and oxygen atoms in total. The predicted molar refractivity (Wildman–Crippen MR) is 118 cm³/mol. The maximum Gasteiger partial charge on any atom is 0.410 e. The van der Waals surface area contributed by atoms with Gasteiger partial charge in [0.2, 0.25) is 0 Å². The molecule has 0 bridgehead atoms. The molecule has 2 heterocycles. The summed E-state index contributed by atoms with van der Waals surface area (Å²) in [6, 6.07) is 3.75. The van der Waals surface area contributed by atoms with Crippen LogP contribution in [0.2, 0.25) is 0 Å². The standard InChI is InChI=1S/C23H30N4O5/c1-30-18-12-16-17(13-19(18)31-2)25-14-26-20(16)15-6-10-27(11-7-15)22(29)32-23(21(24)28)8-4-3-5-9-23/h12-15H,3-11H2,1-2H3,(H2,24,28). The summed E-state index contributed by atoms with van der Waals surface area (Å²) in [6.45, 7) is 1.05. The van der Waals surface area contributed by atoms with E-state index in [1.807, 2.05) is 12.1 Å². The number of hydrogen-bond acceptors (Lipinski definition) is 7. The van der Waals surface area contributed by atoms with Crippen molar-refractivity contribution in [3.8, 4) is 11.5 Å². The normalized spacial score (nSPS) is 18.9. The second-order valence-electron chi connectivity index (χ2n) is 8.53. The maximum atomic E-state index is 12.8. The molecular formula is C23H30N4O5. The van der Waals surface area contributed by atoms with E-state index >= 15 is 0 Å². The lowest BCUT2D eigenvalue weighted by atomic mass is 9.84. The zero-order valence-corrected chi connectivity index (χ0v) is 18.6. The molecule has 2 fully saturated rings. The van der Waals surface area contributed by atoms with Gasteiger partial charge < -0.3 is 24.8 Å². The van der Waals surface area contributed by atoms with Crippen LogP contribution >= 0.6 is 0 Å². The average Bonchev–Trinajstić information content (AvgIpc) is 2.83. The minimum atomic E-state index is -1.16. The lowest BCUT2D eigenvalue weighted by molar-refractivity contribution is -0.141. The largest absolute Gasteiger partial charge is 0.493 e. The molecule has 1 aliphatic heterocycles. The molecule has 0 atom stereocenters. The van der Waals surface area contributed by atoms with Crippen LogP contribution in [0.15, 0.2) is 18.5 Å². The summed E-state index contributed by atoms with van der Waals surface area (Å²) >= 11 is 0. The van der Waals surface area contributed by atoms with Crippen LogP contribution in [-0.2, 0) is 9.53 Å². The quantitative estimate of drug-likeness (QED) is 0.756. The summed E-state index contributed by atoms with van der Waals surface area (Å²) in [5.41, 5.74) is 6.17. The molecule has 4 rings (SSSR count). The monoisotopic (exact) mass is 442 g/mol. The lowest BCUT2D eigenvalue weighted by Gasteiger charge is -2.37. The van der Waals surface area contributed by atoms with Crippen molar-refractivity contribution in [3.05, 3.63) is 24.2 Å². The van der Waals surface area contributed by atoms with Crippen LogP contribution in [0.1, 0.15) is 56.6 Å². The Morgan fingerprint density at radius 2 is 1.69 bits per heavy atom. The first-order valence-electron chi connectivity index (χ1n) is 11.1. The number of aromatic nitrogens is 2. The first kappa shape index (κ1) is 22.1. The number of rotatable bonds is 5. The van der Waals surface area contributed by atoms with Crippen LogP contribution in [0.25, 0.3) is 10.9 Å². The van der Waals surface area contributed by atoms with Gasteiger partial charge in [-0.3, -0.25) is 4.79 Å². The van der Waals surface area contributed by atoms with Gasteiger partial charge in [-0.25, -0.2) is 14.8 Å². The van der Waals surface area contributed by atoms with Crippen molar-refractivity contribution in [1.82, 2.24) is 14.9 Å². The van der Waals surface area contributed by atoms with Crippen LogP contribution in [0, 0.1) is 0 Å². The van der Waals surface area contributed by atoms with Gasteiger partial charge in [-0.05, 0) is 44.6 Å². The van der Waals surface area contributed by atoms with Crippen molar-refractivity contribution in [1.29, 1.82) is 0 Å². The third-order valence-electron chi connectivity index (χ3n) is 6.70. The third kappa shape index (κ3) is 4.16. The number of nitrogens with two attached hydrogens (primary N) is 1. The van der Waals surface area contributed by atoms with Crippen molar-refractivity contribution in [2.24, 2.45) is 5.73 Å². The highest BCUT2D eigenvalue weighted by molar-refractivity contribution is 5.86. The summed E-state index contributed by atoms with van der Waals surface area (Å²) in [5.74, 6) is 0.870. The summed E-state index contributed by atoms with van der Waals surface area (Å²) in [4.78, 5) is 35.5. The zero-order chi connectivity index (χ0) is 22.7. The van der Waals surface area contributed by atoms with E-state index in [1.165, 1.54) is 0 Å². The molecule has 0 radical (unpaired) electrons. The number of carbonyl (C=O) groups is 2. The van der Waals surface area contributed by atoms with E-state index in [2.05, 4.69) is 9.97 Å². The Bertz CT molecular complexity index is 997. The summed E-state index contributed by atoms with van der Waals surface area (Å²) in [5, 5.41) is 0.918. The van der Waals surface area contributed by atoms with Gasteiger partial charge >= 0.3 is 6.09 Å². The van der Waals surface area contributed by atoms with E-state index in [0.717, 1.165) is 48.7 Å². The second kappa shape index (κ2) is 9.18. The fraction of sp³-hybridized carbons (Fsp3) is 0.565. The van der Waals surface area contributed by atoms with Crippen molar-refractivity contribution in [3.63, 3.8) is 0 Å². The van der Waals surface area contributed by atoms with Crippen LogP contribution in [0.5, 0.6) is 11.5 Å². The van der Waals surface area contributed by atoms with Gasteiger partial charge in [-0.1, -0.05) is 6.42 Å². The van der Waals surface area contributed by atoms with Crippen molar-refractivity contribution in [2.75, 3.05) is 27.3 Å². The number of primary amides is 1. The molecule has 0 spiro atoms. The smallest absolute Gasteiger partial charge is 0.410 e. The predicted octanol–water partition coefficient (Wildman–Crippen LogP) is 3.15. The van der Waals surface area contributed by atoms with E-state index in [-0.39, 0.29) is 5.92 Å². The Labute approximate surface area is 187 Å². The van der Waals surface area contributed by atoms with E-state index in [4.69, 9.17) is 19.9 Å². The Hall–Kier alpha value is -3.10. The Morgan fingerprint density at radius 3 is 2.31 bits per heavy atom. The van der Waals surface area contributed by atoms with E-state index < -0.39 is 17.6 Å². The minimum absolute atomic E-state index is 0.169. The number of carbonyl (C=O) groups excluding carboxylic acids is 2. The molecule has 9 heteroatoms. The molecule has 1 saturated heterocycles. The number of piperidine rings is 1. The number of ether oxygens (including phenoxy) is 3. The Morgan fingerprint density at radius 1 is 1.03 bits per heavy atom. The molecule has 2 aromatic rings. The molecule has 2 amide bonds. The van der Waals surface area contributed by atoms with Gasteiger partial charge in [0.15, 0.2) is 17.1 Å². The second-order valence-corrected chi connectivity index (χ2v) is 8.53. The molecule has 0 unspecified atom stereocenters. The van der Waals surface area contributed by atoms with Crippen molar-refractivity contribution < 1.29 is 23.8 Å². The number of likely N-dealkylation sites (tertiary alicyclic amines) is 1. The fourth-order valence-corrected chi connectivity index (χ4v) is 4.82. The SMILES string of the molecule is COc1cc2ncnc(C3CCN(C(=O)OC4(C(N)=O)CCCCC4)CC3)c2cc1OC. The topological polar surface area (TPSA) is 117 Å². The van der Waals surface area contributed by atoms with Gasteiger partial charge in [-0.2, -0.15) is 0 Å². The van der Waals surface area contributed by atoms with Gasteiger partial charge in [-0.15, -0.1) is 0 Å². The van der Waals surface area contributed by atoms with Gasteiger partial charge in [0, 0.05) is 30.5 Å². The molecule has 1 aromatic carbocycles. The number of amides is 2. The molecule has 2 aliphatic rings. The summed E-state index contributed by atoms with van der Waals surface area (Å²) in [7, 11) is 3.19. The molecule has 1 saturated carbocycles. The molecular weight excluding hydrogens is 412 g/mol. The molecule has 1 aromatic heterocycles. The number of hydrogen-bond donors (Lipinski definition) is 1. The first-order chi connectivity index (χ1) is 15.5. The molecule has 32 heavy (non-hydrogen) atoms. The lowest BCUT2D eigenvalue weighted by Crippen LogP contribution is -2.52. The zero-order valence-electron chi connectivity index (χ0n) is 18.6. The highest BCUT2D eigenvalue weighted by Crippen LogP contribution is 2.37. The highest BCUT2D eigenvalue weighted by atomic mass is 16.6.